The number of anilines is 1. The summed E-state index contributed by atoms with van der Waals surface area (Å²) in [4.78, 5) is 41.8. The van der Waals surface area contributed by atoms with Crippen LogP contribution >= 0.6 is 0 Å². The molecular formula is C22H23N3O3. The molecule has 2 heterocycles. The number of benzene rings is 2. The SMILES string of the molecule is Cc1ccc2c(c1)C[C@@]1(CN2C)C(=O)NC(=O)N(CCc2ccccc2)C1=O. The number of nitrogens with zero attached hydrogens (tertiary/aromatic N) is 2. The molecule has 4 rings (SSSR count). The second-order valence-corrected chi connectivity index (χ2v) is 7.70. The first-order chi connectivity index (χ1) is 13.4. The Balaban J connectivity index is 1.64. The van der Waals surface area contributed by atoms with E-state index < -0.39 is 23.3 Å². The van der Waals surface area contributed by atoms with Gasteiger partial charge < -0.3 is 4.90 Å². The Labute approximate surface area is 164 Å². The number of nitrogens with one attached hydrogen (secondary N) is 1. The average molecular weight is 377 g/mol. The summed E-state index contributed by atoms with van der Waals surface area (Å²) >= 11 is 0. The Hall–Kier alpha value is -3.15. The smallest absolute Gasteiger partial charge is 0.330 e. The monoisotopic (exact) mass is 377 g/mol. The topological polar surface area (TPSA) is 69.7 Å². The molecule has 28 heavy (non-hydrogen) atoms. The first kappa shape index (κ1) is 18.2. The van der Waals surface area contributed by atoms with Crippen molar-refractivity contribution < 1.29 is 14.4 Å². The molecule has 144 valence electrons. The van der Waals surface area contributed by atoms with Gasteiger partial charge in [0.2, 0.25) is 11.8 Å². The molecule has 4 amide bonds. The number of carbonyl (C=O) groups is 3. The van der Waals surface area contributed by atoms with Crippen molar-refractivity contribution in [2.45, 2.75) is 19.8 Å². The van der Waals surface area contributed by atoms with Gasteiger partial charge in [0, 0.05) is 25.8 Å². The number of urea groups is 1. The maximum absolute atomic E-state index is 13.4. The molecule has 1 saturated heterocycles. The van der Waals surface area contributed by atoms with E-state index >= 15 is 0 Å². The summed E-state index contributed by atoms with van der Waals surface area (Å²) in [5.74, 6) is -0.909. The molecule has 2 aromatic rings. The van der Waals surface area contributed by atoms with E-state index in [4.69, 9.17) is 0 Å². The van der Waals surface area contributed by atoms with E-state index in [-0.39, 0.29) is 13.1 Å². The summed E-state index contributed by atoms with van der Waals surface area (Å²) in [6.45, 7) is 2.48. The average Bonchev–Trinajstić information content (AvgIpc) is 2.67. The summed E-state index contributed by atoms with van der Waals surface area (Å²) < 4.78 is 0. The maximum atomic E-state index is 13.4. The van der Waals surface area contributed by atoms with Gasteiger partial charge in [0.05, 0.1) is 0 Å². The van der Waals surface area contributed by atoms with Crippen LogP contribution in [0.1, 0.15) is 16.7 Å². The quantitative estimate of drug-likeness (QED) is 0.834. The lowest BCUT2D eigenvalue weighted by Gasteiger charge is -2.45. The van der Waals surface area contributed by atoms with Gasteiger partial charge in [-0.3, -0.25) is 19.8 Å². The van der Waals surface area contributed by atoms with E-state index in [2.05, 4.69) is 5.32 Å². The van der Waals surface area contributed by atoms with Gasteiger partial charge in [0.1, 0.15) is 5.41 Å². The Morgan fingerprint density at radius 1 is 1.07 bits per heavy atom. The third-order valence-corrected chi connectivity index (χ3v) is 5.67. The van der Waals surface area contributed by atoms with Crippen LogP contribution in [0.15, 0.2) is 48.5 Å². The molecule has 0 bridgehead atoms. The van der Waals surface area contributed by atoms with E-state index in [1.165, 1.54) is 4.90 Å². The number of fused-ring (bicyclic) bond motifs is 1. The molecule has 2 aliphatic heterocycles. The number of hydrogen-bond acceptors (Lipinski definition) is 4. The van der Waals surface area contributed by atoms with Gasteiger partial charge in [0.15, 0.2) is 0 Å². The highest BCUT2D eigenvalue weighted by atomic mass is 16.2. The normalized spacial score (nSPS) is 21.7. The van der Waals surface area contributed by atoms with E-state index in [1.54, 1.807) is 0 Å². The van der Waals surface area contributed by atoms with E-state index in [9.17, 15) is 14.4 Å². The van der Waals surface area contributed by atoms with Crippen LogP contribution in [0, 0.1) is 12.3 Å². The van der Waals surface area contributed by atoms with Crippen molar-refractivity contribution in [3.05, 3.63) is 65.2 Å². The Kier molecular flexibility index (Phi) is 4.41. The zero-order valence-electron chi connectivity index (χ0n) is 16.1. The first-order valence-electron chi connectivity index (χ1n) is 9.43. The summed E-state index contributed by atoms with van der Waals surface area (Å²) in [5, 5.41) is 2.42. The van der Waals surface area contributed by atoms with Crippen molar-refractivity contribution in [1.82, 2.24) is 10.2 Å². The van der Waals surface area contributed by atoms with Gasteiger partial charge in [0.25, 0.3) is 0 Å². The fourth-order valence-electron chi connectivity index (χ4n) is 4.22. The highest BCUT2D eigenvalue weighted by Crippen LogP contribution is 2.39. The van der Waals surface area contributed by atoms with Crippen molar-refractivity contribution in [3.63, 3.8) is 0 Å². The predicted octanol–water partition coefficient (Wildman–Crippen LogP) is 2.29. The number of carbonyl (C=O) groups excluding carboxylic acids is 3. The molecule has 2 aliphatic rings. The van der Waals surface area contributed by atoms with Crippen LogP contribution in [0.5, 0.6) is 0 Å². The minimum Gasteiger partial charge on any atom is -0.373 e. The van der Waals surface area contributed by atoms with Gasteiger partial charge in [-0.25, -0.2) is 4.79 Å². The number of hydrogen-bond donors (Lipinski definition) is 1. The Bertz CT molecular complexity index is 957. The number of aryl methyl sites for hydroxylation is 1. The zero-order chi connectivity index (χ0) is 19.9. The lowest BCUT2D eigenvalue weighted by molar-refractivity contribution is -0.151. The fourth-order valence-corrected chi connectivity index (χ4v) is 4.22. The van der Waals surface area contributed by atoms with E-state index in [0.717, 1.165) is 22.4 Å². The third kappa shape index (κ3) is 2.95. The summed E-state index contributed by atoms with van der Waals surface area (Å²) in [6, 6.07) is 15.1. The van der Waals surface area contributed by atoms with Gasteiger partial charge in [-0.05, 0) is 37.0 Å². The van der Waals surface area contributed by atoms with Gasteiger partial charge in [-0.2, -0.15) is 0 Å². The summed E-state index contributed by atoms with van der Waals surface area (Å²) in [5.41, 5.74) is 2.81. The van der Waals surface area contributed by atoms with Crippen molar-refractivity contribution in [2.24, 2.45) is 5.41 Å². The molecule has 0 radical (unpaired) electrons. The highest BCUT2D eigenvalue weighted by Gasteiger charge is 2.56. The summed E-state index contributed by atoms with van der Waals surface area (Å²) in [6.07, 6.45) is 0.851. The molecule has 1 N–H and O–H groups in total. The largest absolute Gasteiger partial charge is 0.373 e. The lowest BCUT2D eigenvalue weighted by Crippen LogP contribution is -2.68. The molecule has 1 fully saturated rings. The molecule has 0 saturated carbocycles. The van der Waals surface area contributed by atoms with Crippen LogP contribution in [-0.2, 0) is 22.4 Å². The second-order valence-electron chi connectivity index (χ2n) is 7.70. The van der Waals surface area contributed by atoms with Crippen LogP contribution in [0.3, 0.4) is 0 Å². The number of rotatable bonds is 3. The minimum absolute atomic E-state index is 0.244. The third-order valence-electron chi connectivity index (χ3n) is 5.67. The second kappa shape index (κ2) is 6.78. The van der Waals surface area contributed by atoms with Gasteiger partial charge >= 0.3 is 6.03 Å². The Morgan fingerprint density at radius 2 is 1.82 bits per heavy atom. The molecule has 1 atom stereocenters. The molecule has 0 aromatic heterocycles. The van der Waals surface area contributed by atoms with Crippen LogP contribution < -0.4 is 10.2 Å². The summed E-state index contributed by atoms with van der Waals surface area (Å²) in [7, 11) is 1.88. The van der Waals surface area contributed by atoms with Crippen LogP contribution in [0.25, 0.3) is 0 Å². The molecule has 0 aliphatic carbocycles. The van der Waals surface area contributed by atoms with Crippen molar-refractivity contribution in [1.29, 1.82) is 0 Å². The molecule has 1 spiro atoms. The number of amides is 4. The minimum atomic E-state index is -1.28. The van der Waals surface area contributed by atoms with Crippen LogP contribution in [-0.4, -0.2) is 42.9 Å². The fraction of sp³-hybridized carbons (Fsp3) is 0.318. The van der Waals surface area contributed by atoms with E-state index in [1.807, 2.05) is 67.4 Å². The van der Waals surface area contributed by atoms with Crippen molar-refractivity contribution in [3.8, 4) is 0 Å². The predicted molar refractivity (Wildman–Crippen MR) is 106 cm³/mol. The van der Waals surface area contributed by atoms with Crippen LogP contribution in [0.4, 0.5) is 10.5 Å². The molecular weight excluding hydrogens is 354 g/mol. The van der Waals surface area contributed by atoms with Crippen molar-refractivity contribution >= 4 is 23.5 Å². The van der Waals surface area contributed by atoms with Gasteiger partial charge in [-0.15, -0.1) is 0 Å². The standard InChI is InChI=1S/C22H23N3O3/c1-15-8-9-18-17(12-15)13-22(14-24(18)2)19(26)23-21(28)25(20(22)27)11-10-16-6-4-3-5-7-16/h3-9,12H,10-11,13-14H2,1-2H3,(H,23,26,28)/t22-/m1/s1. The number of barbiturate groups is 1. The van der Waals surface area contributed by atoms with E-state index in [0.29, 0.717) is 12.8 Å². The van der Waals surface area contributed by atoms with Crippen LogP contribution in [0.2, 0.25) is 0 Å². The molecule has 6 nitrogen and oxygen atoms in total. The Morgan fingerprint density at radius 3 is 2.57 bits per heavy atom. The zero-order valence-corrected chi connectivity index (χ0v) is 16.1. The lowest BCUT2D eigenvalue weighted by atomic mass is 9.74. The number of imide groups is 2. The molecule has 0 unspecified atom stereocenters. The highest BCUT2D eigenvalue weighted by molar-refractivity contribution is 6.20. The molecule has 2 aromatic carbocycles. The molecule has 6 heteroatoms. The maximum Gasteiger partial charge on any atom is 0.330 e. The van der Waals surface area contributed by atoms with Gasteiger partial charge in [-0.1, -0.05) is 48.0 Å². The van der Waals surface area contributed by atoms with Crippen molar-refractivity contribution in [2.75, 3.05) is 25.0 Å². The first-order valence-corrected chi connectivity index (χ1v) is 9.43.